The van der Waals surface area contributed by atoms with Crippen LogP contribution in [0.3, 0.4) is 0 Å². The van der Waals surface area contributed by atoms with Crippen molar-refractivity contribution in [2.75, 3.05) is 12.4 Å². The lowest BCUT2D eigenvalue weighted by atomic mass is 9.50. The van der Waals surface area contributed by atoms with E-state index in [0.29, 0.717) is 17.2 Å². The zero-order valence-electron chi connectivity index (χ0n) is 20.0. The van der Waals surface area contributed by atoms with Crippen LogP contribution in [0.15, 0.2) is 48.7 Å². The highest BCUT2D eigenvalue weighted by atomic mass is 16.5. The van der Waals surface area contributed by atoms with E-state index >= 15 is 0 Å². The maximum absolute atomic E-state index is 13.1. The SMILES string of the molecule is COc1cc2c(cc1C(=O)Nc1ccccc1)CCC1C(C)(C)c3nc(C)ncc3C[C@]21C. The summed E-state index contributed by atoms with van der Waals surface area (Å²) in [5, 5.41) is 3.00. The molecule has 0 fully saturated rings. The molecule has 1 heterocycles. The van der Waals surface area contributed by atoms with E-state index in [1.165, 1.54) is 22.4 Å². The standard InChI is InChI=1S/C28H31N3O2/c1-17-29-16-19-15-28(4)22-14-23(33-5)21(26(32)31-20-9-7-6-8-10-20)13-18(22)11-12-24(28)27(2,3)25(19)30-17/h6-10,13-14,16,24H,11-12,15H2,1-5H3,(H,31,32)/t24?,28-/m1/s1. The quantitative estimate of drug-likeness (QED) is 0.591. The molecule has 5 heteroatoms. The monoisotopic (exact) mass is 441 g/mol. The van der Waals surface area contributed by atoms with E-state index in [-0.39, 0.29) is 16.7 Å². The number of carbonyl (C=O) groups is 1. The smallest absolute Gasteiger partial charge is 0.259 e. The van der Waals surface area contributed by atoms with Crippen LogP contribution in [0.1, 0.15) is 65.8 Å². The van der Waals surface area contributed by atoms with Crippen LogP contribution in [0.4, 0.5) is 5.69 Å². The lowest BCUT2D eigenvalue weighted by Crippen LogP contribution is -2.52. The number of hydrogen-bond donors (Lipinski definition) is 1. The lowest BCUT2D eigenvalue weighted by Gasteiger charge is -2.54. The molecule has 0 bridgehead atoms. The topological polar surface area (TPSA) is 64.1 Å². The van der Waals surface area contributed by atoms with Crippen molar-refractivity contribution >= 4 is 11.6 Å². The number of ether oxygens (including phenoxy) is 1. The molecule has 170 valence electrons. The highest BCUT2D eigenvalue weighted by molar-refractivity contribution is 6.06. The number of nitrogens with one attached hydrogen (secondary N) is 1. The summed E-state index contributed by atoms with van der Waals surface area (Å²) >= 11 is 0. The number of aryl methyl sites for hydroxylation is 2. The molecule has 2 aromatic carbocycles. The van der Waals surface area contributed by atoms with E-state index in [9.17, 15) is 4.79 Å². The molecule has 0 saturated heterocycles. The molecule has 5 rings (SSSR count). The van der Waals surface area contributed by atoms with Crippen LogP contribution in [0, 0.1) is 12.8 Å². The summed E-state index contributed by atoms with van der Waals surface area (Å²) in [6, 6.07) is 13.7. The van der Waals surface area contributed by atoms with Crippen LogP contribution in [0.5, 0.6) is 5.75 Å². The summed E-state index contributed by atoms with van der Waals surface area (Å²) in [6.45, 7) is 8.98. The molecule has 33 heavy (non-hydrogen) atoms. The minimum absolute atomic E-state index is 0.0652. The molecule has 3 aromatic rings. The number of nitrogens with zero attached hydrogens (tertiary/aromatic N) is 2. The van der Waals surface area contributed by atoms with Crippen LogP contribution in [-0.4, -0.2) is 23.0 Å². The highest BCUT2D eigenvalue weighted by Gasteiger charge is 2.53. The Kier molecular flexibility index (Phi) is 5.04. The van der Waals surface area contributed by atoms with Gasteiger partial charge in [-0.15, -0.1) is 0 Å². The summed E-state index contributed by atoms with van der Waals surface area (Å²) in [5.74, 6) is 1.74. The highest BCUT2D eigenvalue weighted by Crippen LogP contribution is 2.56. The summed E-state index contributed by atoms with van der Waals surface area (Å²) < 4.78 is 5.75. The van der Waals surface area contributed by atoms with Crippen LogP contribution in [-0.2, 0) is 23.7 Å². The van der Waals surface area contributed by atoms with Gasteiger partial charge in [0.25, 0.3) is 5.91 Å². The average Bonchev–Trinajstić information content (AvgIpc) is 2.79. The molecular formula is C28H31N3O2. The zero-order valence-corrected chi connectivity index (χ0v) is 20.0. The minimum Gasteiger partial charge on any atom is -0.496 e. The van der Waals surface area contributed by atoms with Crippen LogP contribution in [0.25, 0.3) is 0 Å². The number of amides is 1. The van der Waals surface area contributed by atoms with Gasteiger partial charge in [-0.3, -0.25) is 4.79 Å². The molecule has 1 aromatic heterocycles. The number of fused-ring (bicyclic) bond motifs is 4. The third-order valence-electron chi connectivity index (χ3n) is 7.81. The first kappa shape index (κ1) is 21.6. The maximum atomic E-state index is 13.1. The van der Waals surface area contributed by atoms with Gasteiger partial charge in [-0.05, 0) is 73.1 Å². The Balaban J connectivity index is 1.58. The number of anilines is 1. The molecule has 2 aliphatic carbocycles. The molecule has 2 atom stereocenters. The van der Waals surface area contributed by atoms with E-state index in [2.05, 4.69) is 37.1 Å². The number of para-hydroxylation sites is 1. The third kappa shape index (κ3) is 3.41. The Morgan fingerprint density at radius 2 is 1.88 bits per heavy atom. The number of rotatable bonds is 3. The van der Waals surface area contributed by atoms with Gasteiger partial charge in [-0.1, -0.05) is 39.0 Å². The number of aromatic nitrogens is 2. The number of benzene rings is 2. The van der Waals surface area contributed by atoms with Crippen molar-refractivity contribution in [3.63, 3.8) is 0 Å². The van der Waals surface area contributed by atoms with Gasteiger partial charge in [-0.25, -0.2) is 9.97 Å². The van der Waals surface area contributed by atoms with E-state index in [0.717, 1.165) is 30.8 Å². The predicted octanol–water partition coefficient (Wildman–Crippen LogP) is 5.40. The number of carbonyl (C=O) groups excluding carboxylic acids is 1. The van der Waals surface area contributed by atoms with Gasteiger partial charge in [0, 0.05) is 22.7 Å². The predicted molar refractivity (Wildman–Crippen MR) is 130 cm³/mol. The van der Waals surface area contributed by atoms with E-state index in [4.69, 9.17) is 9.72 Å². The molecular weight excluding hydrogens is 410 g/mol. The van der Waals surface area contributed by atoms with E-state index < -0.39 is 0 Å². The van der Waals surface area contributed by atoms with Gasteiger partial charge >= 0.3 is 0 Å². The molecule has 1 N–H and O–H groups in total. The summed E-state index contributed by atoms with van der Waals surface area (Å²) in [6.07, 6.45) is 4.90. The maximum Gasteiger partial charge on any atom is 0.259 e. The van der Waals surface area contributed by atoms with E-state index in [1.807, 2.05) is 49.5 Å². The normalized spacial score (nSPS) is 22.5. The van der Waals surface area contributed by atoms with E-state index in [1.54, 1.807) is 7.11 Å². The van der Waals surface area contributed by atoms with Gasteiger partial charge in [0.2, 0.25) is 0 Å². The molecule has 5 nitrogen and oxygen atoms in total. The molecule has 2 aliphatic rings. The van der Waals surface area contributed by atoms with Gasteiger partial charge in [0.15, 0.2) is 0 Å². The summed E-state index contributed by atoms with van der Waals surface area (Å²) in [7, 11) is 1.64. The first-order valence-electron chi connectivity index (χ1n) is 11.6. The minimum atomic E-state index is -0.147. The lowest BCUT2D eigenvalue weighted by molar-refractivity contribution is 0.102. The van der Waals surface area contributed by atoms with Crippen molar-refractivity contribution in [2.45, 2.75) is 57.8 Å². The van der Waals surface area contributed by atoms with Crippen LogP contribution >= 0.6 is 0 Å². The summed E-state index contributed by atoms with van der Waals surface area (Å²) in [4.78, 5) is 22.5. The fourth-order valence-corrected chi connectivity index (χ4v) is 6.35. The average molecular weight is 442 g/mol. The number of methoxy groups -OCH3 is 1. The largest absolute Gasteiger partial charge is 0.496 e. The van der Waals surface area contributed by atoms with Gasteiger partial charge in [0.05, 0.1) is 18.4 Å². The van der Waals surface area contributed by atoms with Crippen molar-refractivity contribution in [1.82, 2.24) is 9.97 Å². The molecule has 0 saturated carbocycles. The second-order valence-electron chi connectivity index (χ2n) is 10.2. The Labute approximate surface area is 195 Å². The Morgan fingerprint density at radius 1 is 1.12 bits per heavy atom. The van der Waals surface area contributed by atoms with Gasteiger partial charge in [-0.2, -0.15) is 0 Å². The third-order valence-corrected chi connectivity index (χ3v) is 7.81. The molecule has 0 radical (unpaired) electrons. The Hall–Kier alpha value is -3.21. The first-order chi connectivity index (χ1) is 15.7. The van der Waals surface area contributed by atoms with Crippen molar-refractivity contribution in [3.05, 3.63) is 82.4 Å². The number of hydrogen-bond acceptors (Lipinski definition) is 4. The second kappa shape index (κ2) is 7.68. The second-order valence-corrected chi connectivity index (χ2v) is 10.2. The summed E-state index contributed by atoms with van der Waals surface area (Å²) in [5.41, 5.74) is 6.14. The molecule has 1 unspecified atom stereocenters. The van der Waals surface area contributed by atoms with Crippen molar-refractivity contribution in [2.24, 2.45) is 5.92 Å². The van der Waals surface area contributed by atoms with Crippen molar-refractivity contribution in [1.29, 1.82) is 0 Å². The Morgan fingerprint density at radius 3 is 2.61 bits per heavy atom. The first-order valence-corrected chi connectivity index (χ1v) is 11.6. The molecule has 0 aliphatic heterocycles. The zero-order chi connectivity index (χ0) is 23.4. The molecule has 0 spiro atoms. The fourth-order valence-electron chi connectivity index (χ4n) is 6.35. The van der Waals surface area contributed by atoms with Crippen LogP contribution in [0.2, 0.25) is 0 Å². The Bertz CT molecular complexity index is 1240. The van der Waals surface area contributed by atoms with Crippen LogP contribution < -0.4 is 10.1 Å². The van der Waals surface area contributed by atoms with Gasteiger partial charge in [0.1, 0.15) is 11.6 Å². The molecule has 1 amide bonds. The van der Waals surface area contributed by atoms with Crippen molar-refractivity contribution in [3.8, 4) is 5.75 Å². The fraction of sp³-hybridized carbons (Fsp3) is 0.393. The van der Waals surface area contributed by atoms with Crippen molar-refractivity contribution < 1.29 is 9.53 Å². The van der Waals surface area contributed by atoms with Gasteiger partial charge < -0.3 is 10.1 Å².